The van der Waals surface area contributed by atoms with E-state index in [1.807, 2.05) is 12.1 Å². The summed E-state index contributed by atoms with van der Waals surface area (Å²) in [5, 5.41) is 10.8. The quantitative estimate of drug-likeness (QED) is 0.334. The first-order valence-electron chi connectivity index (χ1n) is 7.67. The van der Waals surface area contributed by atoms with Crippen LogP contribution in [-0.2, 0) is 11.2 Å². The van der Waals surface area contributed by atoms with E-state index in [9.17, 15) is 14.9 Å². The number of hydrogen-bond donors (Lipinski definition) is 0. The highest BCUT2D eigenvalue weighted by Crippen LogP contribution is 2.23. The van der Waals surface area contributed by atoms with E-state index < -0.39 is 10.9 Å². The summed E-state index contributed by atoms with van der Waals surface area (Å²) in [5.41, 5.74) is 1.67. The Labute approximate surface area is 140 Å². The van der Waals surface area contributed by atoms with E-state index in [1.54, 1.807) is 19.1 Å². The van der Waals surface area contributed by atoms with Gasteiger partial charge in [-0.05, 0) is 43.2 Å². The van der Waals surface area contributed by atoms with Gasteiger partial charge in [0.2, 0.25) is 0 Å². The molecule has 0 bridgehead atoms. The third kappa shape index (κ3) is 4.81. The predicted octanol–water partition coefficient (Wildman–Crippen LogP) is 3.84. The maximum Gasteiger partial charge on any atom is 0.349 e. The highest BCUT2D eigenvalue weighted by molar-refractivity contribution is 5.74. The number of benzene rings is 2. The third-order valence-electron chi connectivity index (χ3n) is 3.42. The van der Waals surface area contributed by atoms with E-state index in [1.165, 1.54) is 23.8 Å². The van der Waals surface area contributed by atoms with Gasteiger partial charge in [-0.2, -0.15) is 0 Å². The van der Waals surface area contributed by atoms with Crippen molar-refractivity contribution in [2.45, 2.75) is 26.7 Å². The lowest BCUT2D eigenvalue weighted by Crippen LogP contribution is -2.17. The number of nitrogens with zero attached hydrogens (tertiary/aromatic N) is 1. The van der Waals surface area contributed by atoms with E-state index in [0.717, 1.165) is 12.8 Å². The van der Waals surface area contributed by atoms with Crippen LogP contribution in [0, 0.1) is 17.0 Å². The van der Waals surface area contributed by atoms with Crippen molar-refractivity contribution in [3.63, 3.8) is 0 Å². The molecule has 6 heteroatoms. The zero-order valence-electron chi connectivity index (χ0n) is 13.7. The van der Waals surface area contributed by atoms with Gasteiger partial charge in [-0.25, -0.2) is 4.79 Å². The SMILES string of the molecule is CCCc1ccc(OC(=O)COc2ccc([N+](=O)[O-])c(C)c2)cc1. The van der Waals surface area contributed by atoms with E-state index >= 15 is 0 Å². The molecular weight excluding hydrogens is 310 g/mol. The molecule has 0 radical (unpaired) electrons. The molecular formula is C18H19NO5. The van der Waals surface area contributed by atoms with Gasteiger partial charge >= 0.3 is 5.97 Å². The minimum atomic E-state index is -0.533. The number of nitro groups is 1. The van der Waals surface area contributed by atoms with Crippen LogP contribution in [0.3, 0.4) is 0 Å². The smallest absolute Gasteiger partial charge is 0.349 e. The fourth-order valence-corrected chi connectivity index (χ4v) is 2.24. The summed E-state index contributed by atoms with van der Waals surface area (Å²) in [6, 6.07) is 11.7. The molecule has 0 aliphatic heterocycles. The van der Waals surface area contributed by atoms with Crippen molar-refractivity contribution in [3.8, 4) is 11.5 Å². The minimum Gasteiger partial charge on any atom is -0.482 e. The molecule has 0 N–H and O–H groups in total. The molecule has 24 heavy (non-hydrogen) atoms. The molecule has 0 unspecified atom stereocenters. The second kappa shape index (κ2) is 8.10. The summed E-state index contributed by atoms with van der Waals surface area (Å²) in [5.74, 6) is 0.311. The van der Waals surface area contributed by atoms with Gasteiger partial charge in [-0.1, -0.05) is 25.5 Å². The summed E-state index contributed by atoms with van der Waals surface area (Å²) >= 11 is 0. The standard InChI is InChI=1S/C18H19NO5/c1-3-4-14-5-7-15(8-6-14)24-18(20)12-23-16-9-10-17(19(21)22)13(2)11-16/h5-11H,3-4,12H2,1-2H3. The first kappa shape index (κ1) is 17.5. The lowest BCUT2D eigenvalue weighted by molar-refractivity contribution is -0.385. The summed E-state index contributed by atoms with van der Waals surface area (Å²) in [4.78, 5) is 22.1. The Morgan fingerprint density at radius 3 is 2.38 bits per heavy atom. The molecule has 0 aliphatic carbocycles. The zero-order valence-corrected chi connectivity index (χ0v) is 13.7. The number of carbonyl (C=O) groups is 1. The van der Waals surface area contributed by atoms with Gasteiger partial charge in [-0.3, -0.25) is 10.1 Å². The van der Waals surface area contributed by atoms with Crippen LogP contribution in [0.25, 0.3) is 0 Å². The van der Waals surface area contributed by atoms with Gasteiger partial charge < -0.3 is 9.47 Å². The molecule has 0 amide bonds. The Morgan fingerprint density at radius 1 is 1.12 bits per heavy atom. The van der Waals surface area contributed by atoms with Crippen LogP contribution in [0.1, 0.15) is 24.5 Å². The Balaban J connectivity index is 1.89. The average molecular weight is 329 g/mol. The van der Waals surface area contributed by atoms with Crippen molar-refractivity contribution in [2.75, 3.05) is 6.61 Å². The molecule has 0 aliphatic rings. The summed E-state index contributed by atoms with van der Waals surface area (Å²) in [6.07, 6.45) is 2.04. The Bertz CT molecular complexity index is 725. The van der Waals surface area contributed by atoms with Crippen LogP contribution < -0.4 is 9.47 Å². The number of hydrogen-bond acceptors (Lipinski definition) is 5. The van der Waals surface area contributed by atoms with E-state index in [-0.39, 0.29) is 12.3 Å². The van der Waals surface area contributed by atoms with Crippen LogP contribution in [-0.4, -0.2) is 17.5 Å². The van der Waals surface area contributed by atoms with Crippen LogP contribution >= 0.6 is 0 Å². The first-order valence-corrected chi connectivity index (χ1v) is 7.67. The predicted molar refractivity (Wildman–Crippen MR) is 89.4 cm³/mol. The average Bonchev–Trinajstić information content (AvgIpc) is 2.55. The van der Waals surface area contributed by atoms with Crippen LogP contribution in [0.5, 0.6) is 11.5 Å². The van der Waals surface area contributed by atoms with Crippen molar-refractivity contribution < 1.29 is 19.2 Å². The molecule has 6 nitrogen and oxygen atoms in total. The van der Waals surface area contributed by atoms with Crippen molar-refractivity contribution >= 4 is 11.7 Å². The van der Waals surface area contributed by atoms with E-state index in [2.05, 4.69) is 6.92 Å². The molecule has 126 valence electrons. The highest BCUT2D eigenvalue weighted by atomic mass is 16.6. The lowest BCUT2D eigenvalue weighted by atomic mass is 10.1. The molecule has 0 spiro atoms. The number of nitro benzene ring substituents is 1. The summed E-state index contributed by atoms with van der Waals surface area (Å²) in [6.45, 7) is 3.44. The molecule has 0 saturated heterocycles. The van der Waals surface area contributed by atoms with Gasteiger partial charge in [-0.15, -0.1) is 0 Å². The minimum absolute atomic E-state index is 0.0112. The maximum atomic E-state index is 11.8. The van der Waals surface area contributed by atoms with Gasteiger partial charge in [0.1, 0.15) is 11.5 Å². The number of aryl methyl sites for hydroxylation is 2. The topological polar surface area (TPSA) is 78.7 Å². The molecule has 0 fully saturated rings. The fourth-order valence-electron chi connectivity index (χ4n) is 2.24. The molecule has 2 aromatic rings. The van der Waals surface area contributed by atoms with Gasteiger partial charge in [0.15, 0.2) is 6.61 Å². The van der Waals surface area contributed by atoms with Gasteiger partial charge in [0, 0.05) is 11.6 Å². The van der Waals surface area contributed by atoms with Crippen molar-refractivity contribution in [3.05, 3.63) is 63.7 Å². The Hall–Kier alpha value is -2.89. The third-order valence-corrected chi connectivity index (χ3v) is 3.42. The van der Waals surface area contributed by atoms with Crippen LogP contribution in [0.4, 0.5) is 5.69 Å². The van der Waals surface area contributed by atoms with Crippen LogP contribution in [0.2, 0.25) is 0 Å². The van der Waals surface area contributed by atoms with Crippen molar-refractivity contribution in [1.29, 1.82) is 0 Å². The van der Waals surface area contributed by atoms with Crippen LogP contribution in [0.15, 0.2) is 42.5 Å². The Morgan fingerprint density at radius 2 is 1.79 bits per heavy atom. The fraction of sp³-hybridized carbons (Fsp3) is 0.278. The number of ether oxygens (including phenoxy) is 2. The normalized spacial score (nSPS) is 10.2. The first-order chi connectivity index (χ1) is 11.5. The molecule has 0 aromatic heterocycles. The highest BCUT2D eigenvalue weighted by Gasteiger charge is 2.12. The second-order valence-electron chi connectivity index (χ2n) is 5.36. The maximum absolute atomic E-state index is 11.8. The molecule has 2 rings (SSSR count). The molecule has 0 heterocycles. The molecule has 2 aromatic carbocycles. The van der Waals surface area contributed by atoms with Gasteiger partial charge in [0.25, 0.3) is 5.69 Å². The summed E-state index contributed by atoms with van der Waals surface area (Å²) < 4.78 is 10.5. The lowest BCUT2D eigenvalue weighted by Gasteiger charge is -2.08. The van der Waals surface area contributed by atoms with Gasteiger partial charge in [0.05, 0.1) is 4.92 Å². The van der Waals surface area contributed by atoms with E-state index in [0.29, 0.717) is 17.1 Å². The molecule has 0 saturated carbocycles. The Kier molecular flexibility index (Phi) is 5.89. The number of carbonyl (C=O) groups excluding carboxylic acids is 1. The largest absolute Gasteiger partial charge is 0.482 e. The number of rotatable bonds is 7. The monoisotopic (exact) mass is 329 g/mol. The zero-order chi connectivity index (χ0) is 17.5. The summed E-state index contributed by atoms with van der Waals surface area (Å²) in [7, 11) is 0. The molecule has 0 atom stereocenters. The van der Waals surface area contributed by atoms with Crippen molar-refractivity contribution in [2.24, 2.45) is 0 Å². The van der Waals surface area contributed by atoms with Crippen molar-refractivity contribution in [1.82, 2.24) is 0 Å². The number of esters is 1. The second-order valence-corrected chi connectivity index (χ2v) is 5.36. The van der Waals surface area contributed by atoms with E-state index in [4.69, 9.17) is 9.47 Å².